The van der Waals surface area contributed by atoms with Crippen LogP contribution in [0.3, 0.4) is 0 Å². The minimum atomic E-state index is -3.57. The van der Waals surface area contributed by atoms with Gasteiger partial charge in [0.25, 0.3) is 5.91 Å². The predicted molar refractivity (Wildman–Crippen MR) is 92.4 cm³/mol. The molecule has 2 atom stereocenters. The third kappa shape index (κ3) is 4.55. The summed E-state index contributed by atoms with van der Waals surface area (Å²) in [6.07, 6.45) is -0.269. The zero-order valence-corrected chi connectivity index (χ0v) is 15.5. The first-order valence-corrected chi connectivity index (χ1v) is 9.68. The van der Waals surface area contributed by atoms with E-state index in [2.05, 4.69) is 5.32 Å². The van der Waals surface area contributed by atoms with E-state index in [1.165, 1.54) is 16.4 Å². The second-order valence-electron chi connectivity index (χ2n) is 6.71. The number of carbonyl (C=O) groups is 1. The van der Waals surface area contributed by atoms with Crippen LogP contribution in [0, 0.1) is 5.92 Å². The largest absolute Gasteiger partial charge is 0.373 e. The first-order chi connectivity index (χ1) is 11.2. The van der Waals surface area contributed by atoms with E-state index in [9.17, 15) is 13.2 Å². The molecule has 6 nitrogen and oxygen atoms in total. The number of nitrogens with zero attached hydrogens (tertiary/aromatic N) is 1. The summed E-state index contributed by atoms with van der Waals surface area (Å²) in [5.74, 6) is 0.167. The highest BCUT2D eigenvalue weighted by Crippen LogP contribution is 2.21. The van der Waals surface area contributed by atoms with Crippen LogP contribution < -0.4 is 5.32 Å². The van der Waals surface area contributed by atoms with Gasteiger partial charge in [-0.05, 0) is 44.0 Å². The third-order valence-corrected chi connectivity index (χ3v) is 5.66. The lowest BCUT2D eigenvalue weighted by molar-refractivity contribution is -0.0440. The minimum absolute atomic E-state index is 0.135. The van der Waals surface area contributed by atoms with Gasteiger partial charge in [-0.15, -0.1) is 0 Å². The second kappa shape index (κ2) is 7.63. The minimum Gasteiger partial charge on any atom is -0.373 e. The van der Waals surface area contributed by atoms with Gasteiger partial charge in [-0.25, -0.2) is 8.42 Å². The lowest BCUT2D eigenvalue weighted by Crippen LogP contribution is -2.48. The first-order valence-electron chi connectivity index (χ1n) is 8.24. The summed E-state index contributed by atoms with van der Waals surface area (Å²) in [6, 6.07) is 6.08. The summed E-state index contributed by atoms with van der Waals surface area (Å²) >= 11 is 0. The van der Waals surface area contributed by atoms with Crippen molar-refractivity contribution in [1.29, 1.82) is 0 Å². The molecule has 1 N–H and O–H groups in total. The molecule has 1 aliphatic rings. The molecular formula is C17H26N2O4S. The van der Waals surface area contributed by atoms with E-state index >= 15 is 0 Å². The van der Waals surface area contributed by atoms with Crippen LogP contribution in [0.5, 0.6) is 0 Å². The summed E-state index contributed by atoms with van der Waals surface area (Å²) in [5, 5.41) is 2.82. The van der Waals surface area contributed by atoms with E-state index in [0.717, 1.165) is 0 Å². The highest BCUT2D eigenvalue weighted by Gasteiger charge is 2.32. The molecule has 7 heteroatoms. The van der Waals surface area contributed by atoms with Crippen LogP contribution in [0.2, 0.25) is 0 Å². The zero-order chi connectivity index (χ0) is 17.9. The van der Waals surface area contributed by atoms with Gasteiger partial charge in [0.1, 0.15) is 0 Å². The van der Waals surface area contributed by atoms with Gasteiger partial charge < -0.3 is 10.1 Å². The van der Waals surface area contributed by atoms with Crippen molar-refractivity contribution >= 4 is 15.9 Å². The van der Waals surface area contributed by atoms with Gasteiger partial charge in [-0.2, -0.15) is 4.31 Å². The monoisotopic (exact) mass is 354 g/mol. The molecule has 0 aromatic heterocycles. The lowest BCUT2D eigenvalue weighted by Gasteiger charge is -2.34. The molecule has 0 spiro atoms. The molecular weight excluding hydrogens is 328 g/mol. The molecule has 0 bridgehead atoms. The molecule has 1 fully saturated rings. The molecule has 1 aliphatic heterocycles. The highest BCUT2D eigenvalue weighted by molar-refractivity contribution is 7.89. The summed E-state index contributed by atoms with van der Waals surface area (Å²) in [4.78, 5) is 12.2. The number of sulfonamides is 1. The number of carbonyl (C=O) groups excluding carboxylic acids is 1. The van der Waals surface area contributed by atoms with Crippen LogP contribution in [-0.2, 0) is 14.8 Å². The maximum Gasteiger partial charge on any atom is 0.251 e. The van der Waals surface area contributed by atoms with Crippen molar-refractivity contribution in [2.24, 2.45) is 5.92 Å². The average Bonchev–Trinajstić information content (AvgIpc) is 2.51. The molecule has 134 valence electrons. The van der Waals surface area contributed by atoms with Gasteiger partial charge in [0, 0.05) is 25.2 Å². The number of benzene rings is 1. The van der Waals surface area contributed by atoms with Crippen molar-refractivity contribution in [3.8, 4) is 0 Å². The van der Waals surface area contributed by atoms with Crippen molar-refractivity contribution in [2.45, 2.75) is 44.8 Å². The smallest absolute Gasteiger partial charge is 0.251 e. The molecule has 24 heavy (non-hydrogen) atoms. The Morgan fingerprint density at radius 1 is 1.21 bits per heavy atom. The summed E-state index contributed by atoms with van der Waals surface area (Å²) in [7, 11) is -3.57. The fourth-order valence-corrected chi connectivity index (χ4v) is 4.24. The van der Waals surface area contributed by atoms with Crippen molar-refractivity contribution in [1.82, 2.24) is 9.62 Å². The van der Waals surface area contributed by atoms with Crippen LogP contribution in [0.15, 0.2) is 29.2 Å². The summed E-state index contributed by atoms with van der Waals surface area (Å²) in [6.45, 7) is 9.01. The summed E-state index contributed by atoms with van der Waals surface area (Å²) in [5.41, 5.74) is 0.457. The van der Waals surface area contributed by atoms with Gasteiger partial charge in [-0.1, -0.05) is 13.8 Å². The van der Waals surface area contributed by atoms with Gasteiger partial charge in [0.15, 0.2) is 0 Å². The number of morpholine rings is 1. The fraction of sp³-hybridized carbons (Fsp3) is 0.588. The molecule has 1 amide bonds. The Balaban J connectivity index is 2.13. The lowest BCUT2D eigenvalue weighted by atomic mass is 10.2. The van der Waals surface area contributed by atoms with Crippen molar-refractivity contribution in [2.75, 3.05) is 19.6 Å². The topological polar surface area (TPSA) is 75.7 Å². The number of ether oxygens (including phenoxy) is 1. The number of nitrogens with one attached hydrogen (secondary N) is 1. The van der Waals surface area contributed by atoms with E-state index in [0.29, 0.717) is 31.1 Å². The average molecular weight is 354 g/mol. The Morgan fingerprint density at radius 2 is 1.75 bits per heavy atom. The van der Waals surface area contributed by atoms with Crippen LogP contribution in [-0.4, -0.2) is 50.5 Å². The quantitative estimate of drug-likeness (QED) is 0.876. The number of rotatable bonds is 5. The maximum absolute atomic E-state index is 12.7. The molecule has 1 saturated heterocycles. The van der Waals surface area contributed by atoms with Crippen LogP contribution in [0.4, 0.5) is 0 Å². The normalized spacial score (nSPS) is 22.5. The van der Waals surface area contributed by atoms with E-state index in [1.54, 1.807) is 12.1 Å². The fourth-order valence-electron chi connectivity index (χ4n) is 2.65. The molecule has 2 unspecified atom stereocenters. The molecule has 1 aromatic rings. The SMILES string of the molecule is CC(C)CNC(=O)c1ccc(S(=O)(=O)N2CC(C)OC(C)C2)cc1. The second-order valence-corrected chi connectivity index (χ2v) is 8.65. The van der Waals surface area contributed by atoms with Crippen LogP contribution in [0.25, 0.3) is 0 Å². The molecule has 0 aliphatic carbocycles. The molecule has 0 radical (unpaired) electrons. The van der Waals surface area contributed by atoms with E-state index < -0.39 is 10.0 Å². The van der Waals surface area contributed by atoms with Gasteiger partial charge in [0.05, 0.1) is 17.1 Å². The Morgan fingerprint density at radius 3 is 2.25 bits per heavy atom. The Kier molecular flexibility index (Phi) is 6.01. The van der Waals surface area contributed by atoms with E-state index in [4.69, 9.17) is 4.74 Å². The Hall–Kier alpha value is -1.44. The highest BCUT2D eigenvalue weighted by atomic mass is 32.2. The van der Waals surface area contributed by atoms with Gasteiger partial charge >= 0.3 is 0 Å². The van der Waals surface area contributed by atoms with Gasteiger partial charge in [0.2, 0.25) is 10.0 Å². The standard InChI is InChI=1S/C17H26N2O4S/c1-12(2)9-18-17(20)15-5-7-16(8-6-15)24(21,22)19-10-13(3)23-14(4)11-19/h5-8,12-14H,9-11H2,1-4H3,(H,18,20). The molecule has 2 rings (SSSR count). The van der Waals surface area contributed by atoms with Crippen molar-refractivity contribution < 1.29 is 17.9 Å². The molecule has 1 aromatic carbocycles. The van der Waals surface area contributed by atoms with Gasteiger partial charge in [-0.3, -0.25) is 4.79 Å². The first kappa shape index (κ1) is 18.9. The molecule has 1 heterocycles. The van der Waals surface area contributed by atoms with E-state index in [-0.39, 0.29) is 23.0 Å². The van der Waals surface area contributed by atoms with Crippen molar-refractivity contribution in [3.05, 3.63) is 29.8 Å². The Bertz CT molecular complexity index is 660. The van der Waals surface area contributed by atoms with Crippen molar-refractivity contribution in [3.63, 3.8) is 0 Å². The number of amides is 1. The third-order valence-electron chi connectivity index (χ3n) is 3.81. The predicted octanol–water partition coefficient (Wildman–Crippen LogP) is 1.87. The van der Waals surface area contributed by atoms with E-state index in [1.807, 2.05) is 27.7 Å². The Labute approximate surface area is 144 Å². The number of hydrogen-bond acceptors (Lipinski definition) is 4. The zero-order valence-electron chi connectivity index (χ0n) is 14.7. The number of hydrogen-bond donors (Lipinski definition) is 1. The maximum atomic E-state index is 12.7. The summed E-state index contributed by atoms with van der Waals surface area (Å²) < 4.78 is 32.5. The molecule has 0 saturated carbocycles. The van der Waals surface area contributed by atoms with Crippen LogP contribution in [0.1, 0.15) is 38.1 Å². The van der Waals surface area contributed by atoms with Crippen LogP contribution >= 0.6 is 0 Å².